The fraction of sp³-hybridized carbons (Fsp3) is 0.966. The molecule has 0 amide bonds. The summed E-state index contributed by atoms with van der Waals surface area (Å²) in [5.41, 5.74) is -0.898. The summed E-state index contributed by atoms with van der Waals surface area (Å²) in [7, 11) is 0.437. The highest BCUT2D eigenvalue weighted by Gasteiger charge is 2.65. The number of likely N-dealkylation sites (N-methyl/N-ethyl adjacent to an activating group) is 1. The molecule has 6 nitrogen and oxygen atoms in total. The van der Waals surface area contributed by atoms with Crippen LogP contribution in [0.5, 0.6) is 0 Å². The molecule has 36 heavy (non-hydrogen) atoms. The summed E-state index contributed by atoms with van der Waals surface area (Å²) < 4.78 is 34.5. The van der Waals surface area contributed by atoms with Gasteiger partial charge in [-0.3, -0.25) is 4.55 Å². The molecular formula is C29H60NO5S+. The summed E-state index contributed by atoms with van der Waals surface area (Å²) in [6, 6.07) is -1.27. The van der Waals surface area contributed by atoms with Crippen molar-refractivity contribution < 1.29 is 27.4 Å². The van der Waals surface area contributed by atoms with Crippen molar-refractivity contribution in [1.82, 2.24) is 0 Å². The molecular weight excluding hydrogens is 474 g/mol. The van der Waals surface area contributed by atoms with E-state index in [9.17, 15) is 22.9 Å². The summed E-state index contributed by atoms with van der Waals surface area (Å²) in [5, 5.41) is 10.1. The Hall–Kier alpha value is -0.660. The molecule has 0 fully saturated rings. The molecule has 2 atom stereocenters. The Bertz CT molecular complexity index is 699. The largest absolute Gasteiger partial charge is 0.477 e. The first-order chi connectivity index (χ1) is 16.7. The van der Waals surface area contributed by atoms with Crippen molar-refractivity contribution in [2.45, 2.75) is 154 Å². The molecule has 7 heteroatoms. The molecule has 0 spiro atoms. The van der Waals surface area contributed by atoms with E-state index in [1.165, 1.54) is 77.0 Å². The van der Waals surface area contributed by atoms with Crippen molar-refractivity contribution in [2.75, 3.05) is 21.1 Å². The van der Waals surface area contributed by atoms with Gasteiger partial charge < -0.3 is 9.59 Å². The maximum absolute atomic E-state index is 12.9. The Morgan fingerprint density at radius 2 is 1.06 bits per heavy atom. The predicted octanol–water partition coefficient (Wildman–Crippen LogP) is 7.86. The highest BCUT2D eigenvalue weighted by Crippen LogP contribution is 2.48. The van der Waals surface area contributed by atoms with Crippen LogP contribution < -0.4 is 0 Å². The maximum Gasteiger partial charge on any atom is 0.364 e. The summed E-state index contributed by atoms with van der Waals surface area (Å²) in [6.45, 7) is 7.67. The van der Waals surface area contributed by atoms with E-state index in [0.717, 1.165) is 19.3 Å². The van der Waals surface area contributed by atoms with Gasteiger partial charge in [0.2, 0.25) is 6.04 Å². The van der Waals surface area contributed by atoms with Crippen LogP contribution in [-0.2, 0) is 14.9 Å². The fourth-order valence-electron chi connectivity index (χ4n) is 5.86. The zero-order chi connectivity index (χ0) is 27.9. The van der Waals surface area contributed by atoms with Crippen molar-refractivity contribution in [3.05, 3.63) is 0 Å². The molecule has 0 rings (SSSR count). The Balaban J connectivity index is 4.63. The smallest absolute Gasteiger partial charge is 0.364 e. The molecule has 0 aromatic heterocycles. The topological polar surface area (TPSA) is 91.7 Å². The quantitative estimate of drug-likeness (QED) is 0.0791. The van der Waals surface area contributed by atoms with Gasteiger partial charge in [-0.15, -0.1) is 0 Å². The molecule has 216 valence electrons. The number of hydrogen-bond acceptors (Lipinski definition) is 3. The number of quaternary nitrogens is 1. The second-order valence-corrected chi connectivity index (χ2v) is 14.2. The van der Waals surface area contributed by atoms with Crippen molar-refractivity contribution in [2.24, 2.45) is 5.41 Å². The number of hydrogen-bond donors (Lipinski definition) is 2. The average molecular weight is 535 g/mol. The first kappa shape index (κ1) is 35.3. The summed E-state index contributed by atoms with van der Waals surface area (Å²) >= 11 is 0. The minimum absolute atomic E-state index is 0.0720. The highest BCUT2D eigenvalue weighted by atomic mass is 32.2. The van der Waals surface area contributed by atoms with Crippen LogP contribution >= 0.6 is 0 Å². The van der Waals surface area contributed by atoms with Gasteiger partial charge in [-0.25, -0.2) is 4.79 Å². The lowest BCUT2D eigenvalue weighted by molar-refractivity contribution is -0.890. The normalized spacial score (nSPS) is 15.6. The maximum atomic E-state index is 12.9. The number of carbonyl (C=O) groups is 1. The van der Waals surface area contributed by atoms with Crippen LogP contribution in [0.4, 0.5) is 0 Å². The van der Waals surface area contributed by atoms with Crippen molar-refractivity contribution in [3.8, 4) is 0 Å². The van der Waals surface area contributed by atoms with Crippen LogP contribution in [-0.4, -0.2) is 60.5 Å². The van der Waals surface area contributed by atoms with Gasteiger partial charge in [-0.05, 0) is 18.3 Å². The third kappa shape index (κ3) is 11.4. The van der Waals surface area contributed by atoms with Gasteiger partial charge in [0, 0.05) is 0 Å². The van der Waals surface area contributed by atoms with E-state index in [1.54, 1.807) is 35.0 Å². The third-order valence-corrected chi connectivity index (χ3v) is 10.2. The lowest BCUT2D eigenvalue weighted by Gasteiger charge is -2.50. The van der Waals surface area contributed by atoms with Gasteiger partial charge >= 0.3 is 5.97 Å². The first-order valence-electron chi connectivity index (χ1n) is 14.7. The van der Waals surface area contributed by atoms with Crippen LogP contribution in [0.25, 0.3) is 0 Å². The lowest BCUT2D eigenvalue weighted by atomic mass is 9.68. The van der Waals surface area contributed by atoms with E-state index in [1.807, 2.05) is 6.92 Å². The molecule has 2 N–H and O–H groups in total. The van der Waals surface area contributed by atoms with Gasteiger partial charge in [0.15, 0.2) is 4.75 Å². The zero-order valence-electron chi connectivity index (χ0n) is 24.8. The average Bonchev–Trinajstić information content (AvgIpc) is 2.75. The molecule has 0 heterocycles. The molecule has 0 saturated carbocycles. The van der Waals surface area contributed by atoms with Crippen molar-refractivity contribution in [3.63, 3.8) is 0 Å². The van der Waals surface area contributed by atoms with Crippen LogP contribution in [0.2, 0.25) is 0 Å². The van der Waals surface area contributed by atoms with Gasteiger partial charge in [-0.2, -0.15) is 8.42 Å². The Morgan fingerprint density at radius 1 is 0.722 bits per heavy atom. The van der Waals surface area contributed by atoms with Gasteiger partial charge in [0.05, 0.1) is 21.1 Å². The molecule has 0 aromatic rings. The minimum atomic E-state index is -4.64. The van der Waals surface area contributed by atoms with Crippen molar-refractivity contribution in [1.29, 1.82) is 0 Å². The van der Waals surface area contributed by atoms with Crippen molar-refractivity contribution >= 4 is 16.1 Å². The number of rotatable bonds is 23. The standard InChI is InChI=1S/C29H59NO5S/c1-8-10-11-12-13-14-15-16-17-18-19-20-21-22-23-24-25-29(36(33,34)35,28(3,4)9-2)26(27(31)32)30(5,6)7/h26H,8-25H2,1-7H3,(H-,31,32,33,34,35)/p+1. The Morgan fingerprint density at radius 3 is 1.31 bits per heavy atom. The van der Waals surface area contributed by atoms with Crippen LogP contribution in [0.1, 0.15) is 143 Å². The summed E-state index contributed by atoms with van der Waals surface area (Å²) in [5.74, 6) is -1.18. The number of carboxylic acid groups (broad SMARTS) is 1. The van der Waals surface area contributed by atoms with E-state index in [-0.39, 0.29) is 10.9 Å². The molecule has 0 aliphatic heterocycles. The number of carboxylic acids is 1. The van der Waals surface area contributed by atoms with Gasteiger partial charge in [0.1, 0.15) is 0 Å². The van der Waals surface area contributed by atoms with Crippen LogP contribution in [0, 0.1) is 5.41 Å². The third-order valence-electron chi connectivity index (χ3n) is 8.34. The van der Waals surface area contributed by atoms with Gasteiger partial charge in [0.25, 0.3) is 10.1 Å². The first-order valence-corrected chi connectivity index (χ1v) is 16.1. The van der Waals surface area contributed by atoms with E-state index < -0.39 is 32.3 Å². The molecule has 0 bridgehead atoms. The SMILES string of the molecule is CCCCCCCCCCCCCCCCCCC(C(C(=O)O)[N+](C)(C)C)(C(C)(C)CC)S(=O)(=O)O. The summed E-state index contributed by atoms with van der Waals surface area (Å²) in [4.78, 5) is 12.4. The molecule has 0 aliphatic carbocycles. The van der Waals surface area contributed by atoms with Gasteiger partial charge in [-0.1, -0.05) is 130 Å². The second kappa shape index (κ2) is 17.0. The number of unbranched alkanes of at least 4 members (excludes halogenated alkanes) is 15. The Labute approximate surface area is 224 Å². The molecule has 0 aliphatic rings. The summed E-state index contributed by atoms with van der Waals surface area (Å²) in [6.07, 6.45) is 20.1. The van der Waals surface area contributed by atoms with E-state index in [4.69, 9.17) is 0 Å². The molecule has 0 radical (unpaired) electrons. The van der Waals surface area contributed by atoms with E-state index in [0.29, 0.717) is 12.8 Å². The Kier molecular flexibility index (Phi) is 16.7. The number of aliphatic carboxylic acids is 1. The zero-order valence-corrected chi connectivity index (χ0v) is 25.6. The highest BCUT2D eigenvalue weighted by molar-refractivity contribution is 7.87. The monoisotopic (exact) mass is 534 g/mol. The second-order valence-electron chi connectivity index (χ2n) is 12.5. The van der Waals surface area contributed by atoms with E-state index >= 15 is 0 Å². The molecule has 0 saturated heterocycles. The number of nitrogens with zero attached hydrogens (tertiary/aromatic N) is 1. The lowest BCUT2D eigenvalue weighted by Crippen LogP contribution is -2.70. The predicted molar refractivity (Wildman–Crippen MR) is 152 cm³/mol. The van der Waals surface area contributed by atoms with Crippen LogP contribution in [0.3, 0.4) is 0 Å². The van der Waals surface area contributed by atoms with E-state index in [2.05, 4.69) is 6.92 Å². The minimum Gasteiger partial charge on any atom is -0.477 e. The fourth-order valence-corrected chi connectivity index (χ4v) is 7.80. The van der Waals surface area contributed by atoms with Crippen LogP contribution in [0.15, 0.2) is 0 Å². The molecule has 0 aromatic carbocycles. The molecule has 2 unspecified atom stereocenters.